The van der Waals surface area contributed by atoms with Crippen LogP contribution in [-0.4, -0.2) is 0 Å². The van der Waals surface area contributed by atoms with E-state index < -0.39 is 17.0 Å². The lowest BCUT2D eigenvalue weighted by atomic mass is 9.95. The van der Waals surface area contributed by atoms with Gasteiger partial charge in [-0.2, -0.15) is 0 Å². The summed E-state index contributed by atoms with van der Waals surface area (Å²) < 4.78 is 27.3. The number of rotatable bonds is 4. The summed E-state index contributed by atoms with van der Waals surface area (Å²) in [6, 6.07) is 8.38. The molecule has 112 valence electrons. The van der Waals surface area contributed by atoms with Crippen LogP contribution in [0.25, 0.3) is 0 Å². The van der Waals surface area contributed by atoms with Crippen LogP contribution in [0.4, 0.5) is 8.78 Å². The Morgan fingerprint density at radius 2 is 1.62 bits per heavy atom. The monoisotopic (exact) mass is 308 g/mol. The van der Waals surface area contributed by atoms with Crippen LogP contribution in [0.1, 0.15) is 47.0 Å². The van der Waals surface area contributed by atoms with Crippen LogP contribution in [0.15, 0.2) is 30.3 Å². The minimum Gasteiger partial charge on any atom is -0.207 e. The minimum atomic E-state index is -0.611. The molecule has 0 radical (unpaired) electrons. The molecule has 0 aliphatic carbocycles. The summed E-state index contributed by atoms with van der Waals surface area (Å²) in [6.07, 6.45) is 1.87. The molecule has 0 spiro atoms. The molecule has 1 unspecified atom stereocenters. The first-order valence-electron chi connectivity index (χ1n) is 7.19. The van der Waals surface area contributed by atoms with E-state index in [9.17, 15) is 8.78 Å². The molecule has 0 bridgehead atoms. The Hall–Kier alpha value is -1.41. The highest BCUT2D eigenvalue weighted by molar-refractivity contribution is 6.22. The molecule has 2 aromatic rings. The van der Waals surface area contributed by atoms with Crippen LogP contribution in [0.5, 0.6) is 0 Å². The maximum absolute atomic E-state index is 14.0. The summed E-state index contributed by atoms with van der Waals surface area (Å²) in [6.45, 7) is 5.80. The fourth-order valence-corrected chi connectivity index (χ4v) is 2.83. The van der Waals surface area contributed by atoms with Gasteiger partial charge in [-0.3, -0.25) is 0 Å². The van der Waals surface area contributed by atoms with E-state index in [1.54, 1.807) is 6.92 Å². The third-order valence-electron chi connectivity index (χ3n) is 3.84. The van der Waals surface area contributed by atoms with Crippen LogP contribution < -0.4 is 0 Å². The quantitative estimate of drug-likeness (QED) is 0.633. The van der Waals surface area contributed by atoms with Gasteiger partial charge >= 0.3 is 0 Å². The second-order valence-corrected chi connectivity index (χ2v) is 5.66. The van der Waals surface area contributed by atoms with Crippen molar-refractivity contribution in [2.75, 3.05) is 0 Å². The molecule has 1 atom stereocenters. The SMILES string of the molecule is CCc1ccc(C(Cl)c2cc(C)c(F)cc2F)cc1CC. The Morgan fingerprint density at radius 1 is 0.952 bits per heavy atom. The molecule has 21 heavy (non-hydrogen) atoms. The van der Waals surface area contributed by atoms with Gasteiger partial charge in [-0.05, 0) is 48.1 Å². The molecule has 2 rings (SSSR count). The number of hydrogen-bond acceptors (Lipinski definition) is 0. The zero-order valence-electron chi connectivity index (χ0n) is 12.5. The van der Waals surface area contributed by atoms with Crippen molar-refractivity contribution in [2.24, 2.45) is 0 Å². The van der Waals surface area contributed by atoms with Gasteiger partial charge < -0.3 is 0 Å². The van der Waals surface area contributed by atoms with E-state index in [0.717, 1.165) is 24.5 Å². The highest BCUT2D eigenvalue weighted by atomic mass is 35.5. The fraction of sp³-hybridized carbons (Fsp3) is 0.333. The van der Waals surface area contributed by atoms with Crippen molar-refractivity contribution in [3.05, 3.63) is 69.8 Å². The molecule has 0 fully saturated rings. The average molecular weight is 309 g/mol. The third-order valence-corrected chi connectivity index (χ3v) is 4.32. The first kappa shape index (κ1) is 16.0. The summed E-state index contributed by atoms with van der Waals surface area (Å²) in [5.74, 6) is -1.15. The van der Waals surface area contributed by atoms with Crippen LogP contribution in [-0.2, 0) is 12.8 Å². The number of alkyl halides is 1. The minimum absolute atomic E-state index is 0.321. The second-order valence-electron chi connectivity index (χ2n) is 5.22. The van der Waals surface area contributed by atoms with Gasteiger partial charge in [0, 0.05) is 11.6 Å². The van der Waals surface area contributed by atoms with Gasteiger partial charge in [0.05, 0.1) is 5.38 Å². The van der Waals surface area contributed by atoms with Crippen molar-refractivity contribution in [3.8, 4) is 0 Å². The predicted molar refractivity (Wildman–Crippen MR) is 84.0 cm³/mol. The second kappa shape index (κ2) is 6.57. The van der Waals surface area contributed by atoms with Crippen LogP contribution in [0, 0.1) is 18.6 Å². The van der Waals surface area contributed by atoms with Crippen molar-refractivity contribution in [2.45, 2.75) is 39.0 Å². The fourth-order valence-electron chi connectivity index (χ4n) is 2.53. The van der Waals surface area contributed by atoms with Gasteiger partial charge in [0.25, 0.3) is 0 Å². The molecule has 0 saturated carbocycles. The van der Waals surface area contributed by atoms with Crippen LogP contribution in [0.3, 0.4) is 0 Å². The van der Waals surface area contributed by atoms with E-state index in [1.165, 1.54) is 17.2 Å². The van der Waals surface area contributed by atoms with Crippen molar-refractivity contribution in [3.63, 3.8) is 0 Å². The standard InChI is InChI=1S/C18H19ClF2/c1-4-12-6-7-14(9-13(12)5-2)18(19)15-8-11(3)16(20)10-17(15)21/h6-10,18H,4-5H2,1-3H3. The number of hydrogen-bond donors (Lipinski definition) is 0. The molecule has 0 aliphatic rings. The molecule has 0 saturated heterocycles. The van der Waals surface area contributed by atoms with E-state index in [4.69, 9.17) is 11.6 Å². The first-order chi connectivity index (χ1) is 9.97. The Bertz CT molecular complexity index is 650. The summed E-state index contributed by atoms with van der Waals surface area (Å²) in [4.78, 5) is 0. The lowest BCUT2D eigenvalue weighted by Gasteiger charge is -2.15. The summed E-state index contributed by atoms with van der Waals surface area (Å²) in [5, 5.41) is -0.611. The largest absolute Gasteiger partial charge is 0.207 e. The normalized spacial score (nSPS) is 12.5. The predicted octanol–water partition coefficient (Wildman–Crippen LogP) is 5.73. The Balaban J connectivity index is 2.45. The highest BCUT2D eigenvalue weighted by Crippen LogP contribution is 2.33. The molecule has 0 N–H and O–H groups in total. The van der Waals surface area contributed by atoms with Crippen LogP contribution in [0.2, 0.25) is 0 Å². The number of halogens is 3. The van der Waals surface area contributed by atoms with Crippen molar-refractivity contribution < 1.29 is 8.78 Å². The summed E-state index contributed by atoms with van der Waals surface area (Å²) in [7, 11) is 0. The average Bonchev–Trinajstić information content (AvgIpc) is 2.49. The number of benzene rings is 2. The van der Waals surface area contributed by atoms with Gasteiger partial charge in [0.2, 0.25) is 0 Å². The van der Waals surface area contributed by atoms with E-state index >= 15 is 0 Å². The molecule has 0 aliphatic heterocycles. The Morgan fingerprint density at radius 3 is 2.24 bits per heavy atom. The van der Waals surface area contributed by atoms with Crippen LogP contribution >= 0.6 is 11.6 Å². The molecule has 0 amide bonds. The van der Waals surface area contributed by atoms with Gasteiger partial charge in [-0.25, -0.2) is 8.78 Å². The maximum Gasteiger partial charge on any atom is 0.131 e. The molecule has 0 nitrogen and oxygen atoms in total. The highest BCUT2D eigenvalue weighted by Gasteiger charge is 2.18. The topological polar surface area (TPSA) is 0 Å². The maximum atomic E-state index is 14.0. The first-order valence-corrected chi connectivity index (χ1v) is 7.62. The van der Waals surface area contributed by atoms with Crippen molar-refractivity contribution >= 4 is 11.6 Å². The van der Waals surface area contributed by atoms with Crippen molar-refractivity contribution in [1.29, 1.82) is 0 Å². The molecule has 3 heteroatoms. The van der Waals surface area contributed by atoms with E-state index in [0.29, 0.717) is 11.1 Å². The molecular formula is C18H19ClF2. The zero-order chi connectivity index (χ0) is 15.6. The van der Waals surface area contributed by atoms with E-state index in [1.807, 2.05) is 18.2 Å². The molecule has 2 aromatic carbocycles. The smallest absolute Gasteiger partial charge is 0.131 e. The lowest BCUT2D eigenvalue weighted by Crippen LogP contribution is -2.02. The van der Waals surface area contributed by atoms with E-state index in [2.05, 4.69) is 13.8 Å². The zero-order valence-corrected chi connectivity index (χ0v) is 13.3. The Kier molecular flexibility index (Phi) is 5.00. The summed E-state index contributed by atoms with van der Waals surface area (Å²) >= 11 is 6.42. The van der Waals surface area contributed by atoms with Crippen molar-refractivity contribution in [1.82, 2.24) is 0 Å². The van der Waals surface area contributed by atoms with Gasteiger partial charge in [0.1, 0.15) is 11.6 Å². The lowest BCUT2D eigenvalue weighted by molar-refractivity contribution is 0.568. The van der Waals surface area contributed by atoms with Gasteiger partial charge in [-0.1, -0.05) is 32.0 Å². The van der Waals surface area contributed by atoms with Gasteiger partial charge in [-0.15, -0.1) is 11.6 Å². The van der Waals surface area contributed by atoms with E-state index in [-0.39, 0.29) is 0 Å². The molecular weight excluding hydrogens is 290 g/mol. The summed E-state index contributed by atoms with van der Waals surface area (Å²) in [5.41, 5.74) is 4.07. The van der Waals surface area contributed by atoms with Gasteiger partial charge in [0.15, 0.2) is 0 Å². The Labute approximate surface area is 129 Å². The molecule has 0 heterocycles. The number of aryl methyl sites for hydroxylation is 3. The third kappa shape index (κ3) is 3.26. The molecule has 0 aromatic heterocycles.